The number of nitrogens with one attached hydrogen (secondary N) is 1. The van der Waals surface area contributed by atoms with Crippen LogP contribution in [0.3, 0.4) is 0 Å². The van der Waals surface area contributed by atoms with E-state index < -0.39 is 0 Å². The molecule has 0 spiro atoms. The van der Waals surface area contributed by atoms with Gasteiger partial charge in [-0.3, -0.25) is 9.69 Å². The van der Waals surface area contributed by atoms with E-state index in [4.69, 9.17) is 14.2 Å². The molecule has 0 saturated carbocycles. The third-order valence-electron chi connectivity index (χ3n) is 5.30. The fraction of sp³-hybridized carbons (Fsp3) is 0.650. The fourth-order valence-corrected chi connectivity index (χ4v) is 4.34. The van der Waals surface area contributed by atoms with Gasteiger partial charge in [0, 0.05) is 29.2 Å². The second-order valence-corrected chi connectivity index (χ2v) is 7.85. The molecule has 1 aliphatic rings. The molecule has 6 nitrogen and oxygen atoms in total. The lowest BCUT2D eigenvalue weighted by atomic mass is 9.92. The molecule has 1 heterocycles. The van der Waals surface area contributed by atoms with Crippen LogP contribution in [0.4, 0.5) is 0 Å². The van der Waals surface area contributed by atoms with Crippen molar-refractivity contribution < 1.29 is 19.0 Å². The Morgan fingerprint density at radius 1 is 1.19 bits per heavy atom. The molecule has 1 aromatic carbocycles. The standard InChI is InChI=1S/C20H31IN2O4/c1-5-14(6-2)17(23-7-9-27-10-8-23)13-22-20(24)15-11-18(25-3)19(26-4)12-16(15)21/h11-12,14,17H,5-10,13H2,1-4H3,(H,22,24). The number of hydrogen-bond donors (Lipinski definition) is 1. The van der Waals surface area contributed by atoms with E-state index in [-0.39, 0.29) is 5.91 Å². The van der Waals surface area contributed by atoms with Gasteiger partial charge in [0.2, 0.25) is 0 Å². The minimum atomic E-state index is -0.0791. The van der Waals surface area contributed by atoms with Crippen LogP contribution in [0.15, 0.2) is 12.1 Å². The van der Waals surface area contributed by atoms with Crippen molar-refractivity contribution in [2.24, 2.45) is 5.92 Å². The van der Waals surface area contributed by atoms with Gasteiger partial charge < -0.3 is 19.5 Å². The van der Waals surface area contributed by atoms with Gasteiger partial charge in [-0.15, -0.1) is 0 Å². The summed E-state index contributed by atoms with van der Waals surface area (Å²) in [5.74, 6) is 1.66. The number of benzene rings is 1. The highest BCUT2D eigenvalue weighted by atomic mass is 127. The zero-order valence-electron chi connectivity index (χ0n) is 16.7. The summed E-state index contributed by atoms with van der Waals surface area (Å²) in [6.07, 6.45) is 2.20. The molecule has 1 amide bonds. The lowest BCUT2D eigenvalue weighted by Crippen LogP contribution is -2.52. The van der Waals surface area contributed by atoms with Gasteiger partial charge in [-0.1, -0.05) is 26.7 Å². The van der Waals surface area contributed by atoms with Gasteiger partial charge in [0.1, 0.15) is 0 Å². The number of morpholine rings is 1. The Morgan fingerprint density at radius 3 is 2.33 bits per heavy atom. The first-order valence-electron chi connectivity index (χ1n) is 9.57. The van der Waals surface area contributed by atoms with Crippen molar-refractivity contribution in [1.82, 2.24) is 10.2 Å². The monoisotopic (exact) mass is 490 g/mol. The van der Waals surface area contributed by atoms with Crippen LogP contribution < -0.4 is 14.8 Å². The number of carbonyl (C=O) groups is 1. The molecule has 0 aromatic heterocycles. The second-order valence-electron chi connectivity index (χ2n) is 6.69. The molecular formula is C20H31IN2O4. The summed E-state index contributed by atoms with van der Waals surface area (Å²) >= 11 is 2.16. The molecule has 1 saturated heterocycles. The van der Waals surface area contributed by atoms with E-state index in [1.54, 1.807) is 20.3 Å². The van der Waals surface area contributed by atoms with E-state index in [0.29, 0.717) is 35.6 Å². The van der Waals surface area contributed by atoms with Gasteiger partial charge in [0.25, 0.3) is 5.91 Å². The van der Waals surface area contributed by atoms with Gasteiger partial charge in [0.15, 0.2) is 11.5 Å². The molecule has 27 heavy (non-hydrogen) atoms. The van der Waals surface area contributed by atoms with Crippen molar-refractivity contribution in [2.45, 2.75) is 32.7 Å². The average molecular weight is 490 g/mol. The lowest BCUT2D eigenvalue weighted by Gasteiger charge is -2.38. The van der Waals surface area contributed by atoms with Crippen LogP contribution in [0.25, 0.3) is 0 Å². The minimum absolute atomic E-state index is 0.0791. The predicted molar refractivity (Wildman–Crippen MR) is 115 cm³/mol. The van der Waals surface area contributed by atoms with E-state index in [9.17, 15) is 4.79 Å². The number of nitrogens with zero attached hydrogens (tertiary/aromatic N) is 1. The van der Waals surface area contributed by atoms with Crippen LogP contribution in [0.5, 0.6) is 11.5 Å². The molecule has 0 aliphatic carbocycles. The smallest absolute Gasteiger partial charge is 0.252 e. The predicted octanol–water partition coefficient (Wildman–Crippen LogP) is 3.18. The topological polar surface area (TPSA) is 60.0 Å². The largest absolute Gasteiger partial charge is 0.493 e. The van der Waals surface area contributed by atoms with Crippen LogP contribution in [0, 0.1) is 9.49 Å². The SMILES string of the molecule is CCC(CC)C(CNC(=O)c1cc(OC)c(OC)cc1I)N1CCOCC1. The molecule has 7 heteroatoms. The summed E-state index contributed by atoms with van der Waals surface area (Å²) in [6, 6.07) is 3.90. The Bertz CT molecular complexity index is 616. The maximum Gasteiger partial charge on any atom is 0.252 e. The minimum Gasteiger partial charge on any atom is -0.493 e. The van der Waals surface area contributed by atoms with Crippen LogP contribution >= 0.6 is 22.6 Å². The number of halogens is 1. The zero-order chi connectivity index (χ0) is 19.8. The van der Waals surface area contributed by atoms with Gasteiger partial charge >= 0.3 is 0 Å². The number of ether oxygens (including phenoxy) is 3. The highest BCUT2D eigenvalue weighted by Gasteiger charge is 2.27. The molecule has 0 bridgehead atoms. The average Bonchev–Trinajstić information content (AvgIpc) is 2.71. The highest BCUT2D eigenvalue weighted by Crippen LogP contribution is 2.31. The number of carbonyl (C=O) groups excluding carboxylic acids is 1. The third-order valence-corrected chi connectivity index (χ3v) is 6.19. The first-order valence-corrected chi connectivity index (χ1v) is 10.6. The van der Waals surface area contributed by atoms with E-state index in [1.807, 2.05) is 6.07 Å². The summed E-state index contributed by atoms with van der Waals surface area (Å²) in [5, 5.41) is 3.15. The van der Waals surface area contributed by atoms with E-state index in [2.05, 4.69) is 46.7 Å². The molecule has 1 atom stereocenters. The van der Waals surface area contributed by atoms with Crippen molar-refractivity contribution >= 4 is 28.5 Å². The first kappa shape index (κ1) is 22.2. The maximum atomic E-state index is 12.9. The number of hydrogen-bond acceptors (Lipinski definition) is 5. The second kappa shape index (κ2) is 11.1. The molecule has 1 fully saturated rings. The Hall–Kier alpha value is -1.06. The Morgan fingerprint density at radius 2 is 1.78 bits per heavy atom. The van der Waals surface area contributed by atoms with E-state index in [1.165, 1.54) is 0 Å². The molecule has 1 N–H and O–H groups in total. The quantitative estimate of drug-likeness (QED) is 0.539. The number of rotatable bonds is 9. The number of amides is 1. The lowest BCUT2D eigenvalue weighted by molar-refractivity contribution is 0.00191. The number of methoxy groups -OCH3 is 2. The molecule has 1 aromatic rings. The van der Waals surface area contributed by atoms with Crippen LogP contribution in [0.1, 0.15) is 37.0 Å². The summed E-state index contributed by atoms with van der Waals surface area (Å²) in [7, 11) is 3.17. The Balaban J connectivity index is 2.12. The van der Waals surface area contributed by atoms with Gasteiger partial charge in [-0.05, 0) is 40.6 Å². The van der Waals surface area contributed by atoms with Crippen molar-refractivity contribution in [2.75, 3.05) is 47.1 Å². The summed E-state index contributed by atoms with van der Waals surface area (Å²) in [6.45, 7) is 8.45. The van der Waals surface area contributed by atoms with Crippen LogP contribution in [0.2, 0.25) is 0 Å². The van der Waals surface area contributed by atoms with Crippen LogP contribution in [-0.4, -0.2) is 63.9 Å². The zero-order valence-corrected chi connectivity index (χ0v) is 18.9. The normalized spacial score (nSPS) is 16.2. The molecule has 1 unspecified atom stereocenters. The molecule has 2 rings (SSSR count). The first-order chi connectivity index (χ1) is 13.0. The molecular weight excluding hydrogens is 459 g/mol. The van der Waals surface area contributed by atoms with Crippen molar-refractivity contribution in [1.29, 1.82) is 0 Å². The fourth-order valence-electron chi connectivity index (χ4n) is 3.66. The van der Waals surface area contributed by atoms with Crippen molar-refractivity contribution in [3.05, 3.63) is 21.3 Å². The Labute approximate surface area is 176 Å². The maximum absolute atomic E-state index is 12.9. The summed E-state index contributed by atoms with van der Waals surface area (Å²) < 4.78 is 17.0. The molecule has 0 radical (unpaired) electrons. The van der Waals surface area contributed by atoms with Gasteiger partial charge in [-0.2, -0.15) is 0 Å². The highest BCUT2D eigenvalue weighted by molar-refractivity contribution is 14.1. The van der Waals surface area contributed by atoms with Crippen molar-refractivity contribution in [3.63, 3.8) is 0 Å². The third kappa shape index (κ3) is 5.71. The molecule has 152 valence electrons. The molecule has 1 aliphatic heterocycles. The van der Waals surface area contributed by atoms with Gasteiger partial charge in [-0.25, -0.2) is 0 Å². The van der Waals surface area contributed by atoms with E-state index in [0.717, 1.165) is 42.7 Å². The van der Waals surface area contributed by atoms with E-state index >= 15 is 0 Å². The van der Waals surface area contributed by atoms with Gasteiger partial charge in [0.05, 0.1) is 33.0 Å². The summed E-state index contributed by atoms with van der Waals surface area (Å²) in [4.78, 5) is 15.3. The van der Waals surface area contributed by atoms with Crippen molar-refractivity contribution in [3.8, 4) is 11.5 Å². The Kier molecular flexibility index (Phi) is 9.11. The van der Waals surface area contributed by atoms with Crippen LogP contribution in [-0.2, 0) is 4.74 Å². The summed E-state index contributed by atoms with van der Waals surface area (Å²) in [5.41, 5.74) is 0.610.